The van der Waals surface area contributed by atoms with E-state index >= 15 is 0 Å². The Bertz CT molecular complexity index is 428. The summed E-state index contributed by atoms with van der Waals surface area (Å²) >= 11 is 0. The van der Waals surface area contributed by atoms with Crippen LogP contribution in [0.3, 0.4) is 0 Å². The van der Waals surface area contributed by atoms with Gasteiger partial charge in [0.05, 0.1) is 19.6 Å². The predicted octanol–water partition coefficient (Wildman–Crippen LogP) is -3.42. The van der Waals surface area contributed by atoms with E-state index in [9.17, 15) is 14.7 Å². The molecule has 0 saturated carbocycles. The minimum Gasteiger partial charge on any atom is -0.548 e. The Morgan fingerprint density at radius 3 is 2.44 bits per heavy atom. The molecule has 0 aliphatic rings. The summed E-state index contributed by atoms with van der Waals surface area (Å²) in [5.74, 6) is -1.08. The van der Waals surface area contributed by atoms with Crippen LogP contribution in [-0.2, 0) is 9.59 Å². The van der Waals surface area contributed by atoms with Crippen LogP contribution in [0.15, 0.2) is 30.3 Å². The number of carboxylic acid groups (broad SMARTS) is 1. The summed E-state index contributed by atoms with van der Waals surface area (Å²) in [6.07, 6.45) is 2.83. The van der Waals surface area contributed by atoms with Gasteiger partial charge >= 0.3 is 29.6 Å². The molecule has 18 heavy (non-hydrogen) atoms. The smallest absolute Gasteiger partial charge is 0.548 e. The summed E-state index contributed by atoms with van der Waals surface area (Å²) < 4.78 is 4.98. The van der Waals surface area contributed by atoms with Crippen LogP contribution >= 0.6 is 0 Å². The second kappa shape index (κ2) is 8.74. The van der Waals surface area contributed by atoms with Crippen molar-refractivity contribution in [3.63, 3.8) is 0 Å². The third kappa shape index (κ3) is 6.44. The van der Waals surface area contributed by atoms with Crippen LogP contribution in [0.5, 0.6) is 5.75 Å². The molecule has 0 aliphatic heterocycles. The molecule has 1 aromatic rings. The summed E-state index contributed by atoms with van der Waals surface area (Å²) in [7, 11) is 1.57. The molecule has 0 saturated heterocycles. The van der Waals surface area contributed by atoms with Crippen molar-refractivity contribution in [1.29, 1.82) is 0 Å². The Morgan fingerprint density at radius 2 is 1.94 bits per heavy atom. The first-order chi connectivity index (χ1) is 8.11. The number of hydrogen-bond donors (Lipinski definition) is 1. The molecule has 0 aliphatic carbocycles. The molecular weight excluding hydrogens is 245 g/mol. The fourth-order valence-corrected chi connectivity index (χ4v) is 1.11. The van der Waals surface area contributed by atoms with Crippen molar-refractivity contribution >= 4 is 18.0 Å². The molecule has 90 valence electrons. The van der Waals surface area contributed by atoms with E-state index in [0.717, 1.165) is 11.3 Å². The minimum atomic E-state index is -1.32. The van der Waals surface area contributed by atoms with Gasteiger partial charge in [-0.3, -0.25) is 4.79 Å². The summed E-state index contributed by atoms with van der Waals surface area (Å²) in [5.41, 5.74) is 0.814. The second-order valence-corrected chi connectivity index (χ2v) is 3.20. The zero-order valence-corrected chi connectivity index (χ0v) is 12.3. The largest absolute Gasteiger partial charge is 1.00 e. The van der Waals surface area contributed by atoms with Crippen molar-refractivity contribution in [2.45, 2.75) is 0 Å². The summed E-state index contributed by atoms with van der Waals surface area (Å²) in [5, 5.41) is 12.2. The second-order valence-electron chi connectivity index (χ2n) is 3.20. The van der Waals surface area contributed by atoms with E-state index in [1.807, 2.05) is 0 Å². The Hall–Kier alpha value is -1.30. The van der Waals surface area contributed by atoms with Gasteiger partial charge in [-0.15, -0.1) is 0 Å². The molecule has 0 bridgehead atoms. The molecule has 1 aromatic carbocycles. The van der Waals surface area contributed by atoms with Crippen molar-refractivity contribution in [1.82, 2.24) is 5.32 Å². The molecule has 0 atom stereocenters. The van der Waals surface area contributed by atoms with Gasteiger partial charge in [-0.25, -0.2) is 0 Å². The third-order valence-corrected chi connectivity index (χ3v) is 1.95. The Kier molecular flexibility index (Phi) is 8.11. The van der Waals surface area contributed by atoms with Crippen LogP contribution in [0.1, 0.15) is 5.56 Å². The van der Waals surface area contributed by atoms with E-state index in [0.29, 0.717) is 0 Å². The number of aliphatic carboxylic acids is 1. The van der Waals surface area contributed by atoms with E-state index in [1.165, 1.54) is 6.08 Å². The van der Waals surface area contributed by atoms with Crippen LogP contribution in [0.2, 0.25) is 0 Å². The topological polar surface area (TPSA) is 78.5 Å². The quantitative estimate of drug-likeness (QED) is 0.440. The molecule has 0 spiro atoms. The van der Waals surface area contributed by atoms with Gasteiger partial charge in [0.15, 0.2) is 0 Å². The average Bonchev–Trinajstić information content (AvgIpc) is 2.34. The molecule has 0 unspecified atom stereocenters. The Labute approximate surface area is 127 Å². The fourth-order valence-electron chi connectivity index (χ4n) is 1.11. The normalized spacial score (nSPS) is 9.61. The maximum atomic E-state index is 11.1. The van der Waals surface area contributed by atoms with Crippen molar-refractivity contribution < 1.29 is 49.0 Å². The van der Waals surface area contributed by atoms with Crippen LogP contribution in [0.25, 0.3) is 6.08 Å². The molecule has 6 heteroatoms. The zero-order chi connectivity index (χ0) is 12.7. The van der Waals surface area contributed by atoms with E-state index in [4.69, 9.17) is 4.74 Å². The van der Waals surface area contributed by atoms with Gasteiger partial charge in [0.25, 0.3) is 0 Å². The first-order valence-corrected chi connectivity index (χ1v) is 4.91. The van der Waals surface area contributed by atoms with E-state index in [1.54, 1.807) is 37.5 Å². The number of carbonyl (C=O) groups excluding carboxylic acids is 2. The van der Waals surface area contributed by atoms with Gasteiger partial charge in [0, 0.05) is 6.08 Å². The number of ether oxygens (including phenoxy) is 1. The van der Waals surface area contributed by atoms with Crippen molar-refractivity contribution in [3.8, 4) is 5.75 Å². The van der Waals surface area contributed by atoms with Crippen LogP contribution in [0, 0.1) is 0 Å². The number of methoxy groups -OCH3 is 1. The predicted molar refractivity (Wildman–Crippen MR) is 60.0 cm³/mol. The maximum Gasteiger partial charge on any atom is 1.00 e. The number of carbonyl (C=O) groups is 2. The molecule has 5 nitrogen and oxygen atoms in total. The van der Waals surface area contributed by atoms with Gasteiger partial charge in [-0.05, 0) is 23.8 Å². The van der Waals surface area contributed by atoms with Crippen molar-refractivity contribution in [2.24, 2.45) is 0 Å². The van der Waals surface area contributed by atoms with Gasteiger partial charge in [-0.1, -0.05) is 12.1 Å². The molecule has 1 rings (SSSR count). The van der Waals surface area contributed by atoms with Gasteiger partial charge < -0.3 is 20.0 Å². The zero-order valence-electron chi connectivity index (χ0n) is 10.3. The van der Waals surface area contributed by atoms with Crippen molar-refractivity contribution in [3.05, 3.63) is 35.9 Å². The molecule has 0 heterocycles. The van der Waals surface area contributed by atoms with Crippen molar-refractivity contribution in [2.75, 3.05) is 13.7 Å². The molecule has 0 fully saturated rings. The minimum absolute atomic E-state index is 0. The molecule has 1 N–H and O–H groups in total. The van der Waals surface area contributed by atoms with E-state index < -0.39 is 18.4 Å². The van der Waals surface area contributed by atoms with E-state index in [2.05, 4.69) is 5.32 Å². The number of hydrogen-bond acceptors (Lipinski definition) is 4. The third-order valence-electron chi connectivity index (χ3n) is 1.95. The van der Waals surface area contributed by atoms with E-state index in [-0.39, 0.29) is 29.6 Å². The SMILES string of the molecule is COc1ccc(C=CC(=O)NCC(=O)[O-])cc1.[Na+]. The van der Waals surface area contributed by atoms with Gasteiger partial charge in [-0.2, -0.15) is 0 Å². The number of rotatable bonds is 5. The van der Waals surface area contributed by atoms with Gasteiger partial charge in [0.1, 0.15) is 5.75 Å². The molecule has 0 aromatic heterocycles. The molecule has 0 radical (unpaired) electrons. The van der Waals surface area contributed by atoms with Gasteiger partial charge in [0.2, 0.25) is 5.91 Å². The Morgan fingerprint density at radius 1 is 1.33 bits per heavy atom. The summed E-state index contributed by atoms with van der Waals surface area (Å²) in [6.45, 7) is -0.494. The molecule has 1 amide bonds. The number of benzene rings is 1. The number of nitrogens with one attached hydrogen (secondary N) is 1. The van der Waals surface area contributed by atoms with Crippen LogP contribution in [-0.4, -0.2) is 25.5 Å². The summed E-state index contributed by atoms with van der Waals surface area (Å²) in [4.78, 5) is 21.2. The Balaban J connectivity index is 0.00000289. The van der Waals surface area contributed by atoms with Crippen LogP contribution in [0.4, 0.5) is 0 Å². The standard InChI is InChI=1S/C12H13NO4.Na/c1-17-10-5-2-9(3-6-10)4-7-11(14)13-8-12(15)16;/h2-7H,8H2,1H3,(H,13,14)(H,15,16);/q;+1/p-1. The maximum absolute atomic E-state index is 11.1. The monoisotopic (exact) mass is 257 g/mol. The summed E-state index contributed by atoms with van der Waals surface area (Å²) in [6, 6.07) is 7.08. The number of carboxylic acids is 1. The fraction of sp³-hybridized carbons (Fsp3) is 0.167. The number of amides is 1. The average molecular weight is 257 g/mol. The first-order valence-electron chi connectivity index (χ1n) is 4.91. The van der Waals surface area contributed by atoms with Crippen LogP contribution < -0.4 is 44.7 Å². The first kappa shape index (κ1) is 16.7. The molecular formula is C12H12NNaO4.